The van der Waals surface area contributed by atoms with Crippen LogP contribution in [-0.4, -0.2) is 20.9 Å². The maximum Gasteiger partial charge on any atom is 0.252 e. The van der Waals surface area contributed by atoms with E-state index in [0.717, 1.165) is 12.8 Å². The number of aromatic nitrogens is 3. The van der Waals surface area contributed by atoms with Gasteiger partial charge in [-0.2, -0.15) is 16.6 Å². The fourth-order valence-electron chi connectivity index (χ4n) is 1.77. The molecule has 7 heteroatoms. The summed E-state index contributed by atoms with van der Waals surface area (Å²) in [6, 6.07) is 4.01. The number of nitriles is 1. The zero-order valence-electron chi connectivity index (χ0n) is 14.0. The number of hydrogen-bond acceptors (Lipinski definition) is 5. The average Bonchev–Trinajstić information content (AvgIpc) is 3.03. The summed E-state index contributed by atoms with van der Waals surface area (Å²) in [5, 5.41) is 23.4. The lowest BCUT2D eigenvalue weighted by atomic mass is 10.3. The molecule has 124 valence electrons. The van der Waals surface area contributed by atoms with Gasteiger partial charge < -0.3 is 5.32 Å². The topological polar surface area (TPSA) is 83.6 Å². The van der Waals surface area contributed by atoms with Crippen LogP contribution in [0.15, 0.2) is 23.0 Å². The van der Waals surface area contributed by atoms with Crippen molar-refractivity contribution in [1.82, 2.24) is 20.3 Å². The molecule has 2 aromatic heterocycles. The molecular weight excluding hydrogens is 310 g/mol. The number of amides is 1. The third kappa shape index (κ3) is 4.63. The van der Waals surface area contributed by atoms with Gasteiger partial charge in [0.1, 0.15) is 5.69 Å². The largest absolute Gasteiger partial charge is 0.346 e. The van der Waals surface area contributed by atoms with Crippen LogP contribution in [0.5, 0.6) is 0 Å². The Morgan fingerprint density at radius 1 is 1.43 bits per heavy atom. The molecule has 0 saturated heterocycles. The van der Waals surface area contributed by atoms with Crippen LogP contribution < -0.4 is 5.32 Å². The van der Waals surface area contributed by atoms with Gasteiger partial charge in [0.05, 0.1) is 18.8 Å². The first-order chi connectivity index (χ1) is 11.2. The van der Waals surface area contributed by atoms with E-state index in [9.17, 15) is 4.79 Å². The van der Waals surface area contributed by atoms with Crippen LogP contribution in [0.4, 0.5) is 0 Å². The normalized spacial score (nSPS) is 13.5. The Labute approximate surface area is 141 Å². The molecule has 0 aliphatic heterocycles. The molecule has 2 heterocycles. The van der Waals surface area contributed by atoms with Crippen molar-refractivity contribution < 1.29 is 4.79 Å². The molecule has 0 aromatic carbocycles. The van der Waals surface area contributed by atoms with Gasteiger partial charge in [0.15, 0.2) is 5.54 Å². The molecule has 0 spiro atoms. The highest BCUT2D eigenvalue weighted by Crippen LogP contribution is 2.41. The van der Waals surface area contributed by atoms with Crippen molar-refractivity contribution in [2.75, 3.05) is 0 Å². The Balaban J connectivity index is 0.000000615. The van der Waals surface area contributed by atoms with E-state index in [2.05, 4.69) is 21.7 Å². The number of thiophene rings is 1. The van der Waals surface area contributed by atoms with E-state index in [1.807, 2.05) is 33.1 Å². The molecule has 6 nitrogen and oxygen atoms in total. The molecule has 0 unspecified atom stereocenters. The van der Waals surface area contributed by atoms with Crippen molar-refractivity contribution in [1.29, 1.82) is 5.26 Å². The quantitative estimate of drug-likeness (QED) is 0.930. The Kier molecular flexibility index (Phi) is 7.42. The van der Waals surface area contributed by atoms with Crippen molar-refractivity contribution in [3.05, 3.63) is 34.3 Å². The van der Waals surface area contributed by atoms with E-state index in [-0.39, 0.29) is 5.91 Å². The predicted octanol–water partition coefficient (Wildman–Crippen LogP) is 3.33. The second-order valence-corrected chi connectivity index (χ2v) is 5.27. The van der Waals surface area contributed by atoms with Crippen LogP contribution in [0.3, 0.4) is 0 Å². The smallest absolute Gasteiger partial charge is 0.252 e. The van der Waals surface area contributed by atoms with Crippen molar-refractivity contribution in [3.63, 3.8) is 0 Å². The molecule has 1 aliphatic carbocycles. The molecule has 1 N–H and O–H groups in total. The summed E-state index contributed by atoms with van der Waals surface area (Å²) < 4.78 is 1.60. The van der Waals surface area contributed by atoms with Crippen molar-refractivity contribution >= 4 is 17.2 Å². The van der Waals surface area contributed by atoms with Gasteiger partial charge in [-0.15, -0.1) is 5.10 Å². The van der Waals surface area contributed by atoms with Gasteiger partial charge in [-0.3, -0.25) is 4.79 Å². The maximum absolute atomic E-state index is 11.7. The predicted molar refractivity (Wildman–Crippen MR) is 91.0 cm³/mol. The SMILES string of the molecule is CC.CC.N#CC1(n2cc(CNC(=O)c3ccsc3)nn2)CC1. The molecule has 1 amide bonds. The fraction of sp³-hybridized carbons (Fsp3) is 0.500. The number of carbonyl (C=O) groups is 1. The summed E-state index contributed by atoms with van der Waals surface area (Å²) in [5.74, 6) is -0.128. The lowest BCUT2D eigenvalue weighted by Gasteiger charge is -2.03. The molecule has 0 atom stereocenters. The summed E-state index contributed by atoms with van der Waals surface area (Å²) in [5.41, 5.74) is 0.806. The number of nitrogens with zero attached hydrogens (tertiary/aromatic N) is 4. The van der Waals surface area contributed by atoms with Crippen LogP contribution in [0.1, 0.15) is 56.6 Å². The summed E-state index contributed by atoms with van der Waals surface area (Å²) in [6.07, 6.45) is 3.35. The first-order valence-electron chi connectivity index (χ1n) is 7.87. The Morgan fingerprint density at radius 2 is 2.13 bits per heavy atom. The van der Waals surface area contributed by atoms with Gasteiger partial charge in [0, 0.05) is 10.9 Å². The maximum atomic E-state index is 11.7. The molecular formula is C16H23N5OS. The third-order valence-electron chi connectivity index (χ3n) is 3.12. The van der Waals surface area contributed by atoms with Crippen LogP contribution in [0, 0.1) is 11.3 Å². The second-order valence-electron chi connectivity index (χ2n) is 4.49. The standard InChI is InChI=1S/C12H11N5OS.2C2H6/c13-8-12(2-3-12)17-6-10(15-16-17)5-14-11(18)9-1-4-19-7-9;2*1-2/h1,4,6-7H,2-3,5H2,(H,14,18);2*1-2H3. The summed E-state index contributed by atoms with van der Waals surface area (Å²) >= 11 is 1.48. The second kappa shape index (κ2) is 9.06. The van der Waals surface area contributed by atoms with Crippen LogP contribution in [0.2, 0.25) is 0 Å². The van der Waals surface area contributed by atoms with Crippen LogP contribution >= 0.6 is 11.3 Å². The van der Waals surface area contributed by atoms with E-state index in [0.29, 0.717) is 17.8 Å². The van der Waals surface area contributed by atoms with Crippen LogP contribution in [0.25, 0.3) is 0 Å². The Morgan fingerprint density at radius 3 is 2.65 bits per heavy atom. The first kappa shape index (κ1) is 18.8. The molecule has 0 radical (unpaired) electrons. The molecule has 1 saturated carbocycles. The van der Waals surface area contributed by atoms with Gasteiger partial charge in [0.2, 0.25) is 0 Å². The van der Waals surface area contributed by atoms with Gasteiger partial charge in [-0.05, 0) is 24.3 Å². The van der Waals surface area contributed by atoms with Gasteiger partial charge in [0.25, 0.3) is 5.91 Å². The number of rotatable bonds is 4. The lowest BCUT2D eigenvalue weighted by molar-refractivity contribution is 0.0951. The third-order valence-corrected chi connectivity index (χ3v) is 3.81. The summed E-state index contributed by atoms with van der Waals surface area (Å²) in [7, 11) is 0. The molecule has 2 aromatic rings. The number of carbonyl (C=O) groups excluding carboxylic acids is 1. The highest BCUT2D eigenvalue weighted by Gasteiger charge is 2.46. The summed E-state index contributed by atoms with van der Waals surface area (Å²) in [4.78, 5) is 11.7. The molecule has 0 bridgehead atoms. The summed E-state index contributed by atoms with van der Waals surface area (Å²) in [6.45, 7) is 8.32. The van der Waals surface area contributed by atoms with E-state index in [1.165, 1.54) is 11.3 Å². The highest BCUT2D eigenvalue weighted by atomic mass is 32.1. The average molecular weight is 333 g/mol. The van der Waals surface area contributed by atoms with Crippen molar-refractivity contribution in [2.24, 2.45) is 0 Å². The fourth-order valence-corrected chi connectivity index (χ4v) is 2.40. The highest BCUT2D eigenvalue weighted by molar-refractivity contribution is 7.08. The number of hydrogen-bond donors (Lipinski definition) is 1. The van der Waals surface area contributed by atoms with Gasteiger partial charge >= 0.3 is 0 Å². The molecule has 23 heavy (non-hydrogen) atoms. The molecule has 1 aliphatic rings. The Bertz CT molecular complexity index is 638. The Hall–Kier alpha value is -2.20. The van der Waals surface area contributed by atoms with Crippen molar-refractivity contribution in [2.45, 2.75) is 52.6 Å². The lowest BCUT2D eigenvalue weighted by Crippen LogP contribution is -2.22. The first-order valence-corrected chi connectivity index (χ1v) is 8.81. The van der Waals surface area contributed by atoms with Crippen LogP contribution in [-0.2, 0) is 12.1 Å². The monoisotopic (exact) mass is 333 g/mol. The van der Waals surface area contributed by atoms with E-state index < -0.39 is 5.54 Å². The minimum Gasteiger partial charge on any atom is -0.346 e. The number of nitrogens with one attached hydrogen (secondary N) is 1. The van der Waals surface area contributed by atoms with Gasteiger partial charge in [-0.1, -0.05) is 32.9 Å². The molecule has 1 fully saturated rings. The minimum atomic E-state index is -0.497. The van der Waals surface area contributed by atoms with E-state index >= 15 is 0 Å². The minimum absolute atomic E-state index is 0.128. The zero-order valence-corrected chi connectivity index (χ0v) is 14.9. The van der Waals surface area contributed by atoms with E-state index in [1.54, 1.807) is 22.3 Å². The van der Waals surface area contributed by atoms with Crippen molar-refractivity contribution in [3.8, 4) is 6.07 Å². The molecule has 3 rings (SSSR count). The van der Waals surface area contributed by atoms with Gasteiger partial charge in [-0.25, -0.2) is 4.68 Å². The van der Waals surface area contributed by atoms with E-state index in [4.69, 9.17) is 5.26 Å². The zero-order chi connectivity index (χ0) is 17.3.